The van der Waals surface area contributed by atoms with Crippen LogP contribution >= 0.6 is 0 Å². The summed E-state index contributed by atoms with van der Waals surface area (Å²) < 4.78 is 4.18. The largest absolute Gasteiger partial charge is 0.506 e. The van der Waals surface area contributed by atoms with E-state index in [-0.39, 0.29) is 17.0 Å². The Morgan fingerprint density at radius 1 is 1.07 bits per heavy atom. The Hall–Kier alpha value is -3.40. The summed E-state index contributed by atoms with van der Waals surface area (Å²) >= 11 is 0. The Bertz CT molecular complexity index is 1360. The number of rotatable bonds is 2. The van der Waals surface area contributed by atoms with Gasteiger partial charge in [-0.05, 0) is 26.8 Å². The Morgan fingerprint density at radius 3 is 2.43 bits per heavy atom. The van der Waals surface area contributed by atoms with Gasteiger partial charge < -0.3 is 9.67 Å². The number of hydrogen-bond acceptors (Lipinski definition) is 2. The first-order valence-corrected chi connectivity index (χ1v) is 10.2. The number of carbonyl (C=O) groups excluding carboxylic acids is 1. The standard InChI is InChI=1S/C26H24N2O2/c1-15-22(16-10-6-8-12-19(16)27(15)4)23-24(29)17(25(23)30)14-21-26(2,3)18-11-7-9-13-20(18)28(21)5/h6-14H,1-5H3/p+1. The Kier molecular flexibility index (Phi) is 3.75. The second kappa shape index (κ2) is 6.05. The molecule has 0 atom stereocenters. The maximum Gasteiger partial charge on any atom is 0.209 e. The molecule has 4 nitrogen and oxygen atoms in total. The number of ketones is 1. The molecular formula is C26H25N2O2+. The van der Waals surface area contributed by atoms with Crippen LogP contribution < -0.4 is 0 Å². The lowest BCUT2D eigenvalue weighted by Crippen LogP contribution is -2.30. The zero-order valence-electron chi connectivity index (χ0n) is 17.9. The summed E-state index contributed by atoms with van der Waals surface area (Å²) in [4.78, 5) is 13.2. The number of hydrogen-bond donors (Lipinski definition) is 1. The van der Waals surface area contributed by atoms with Crippen LogP contribution in [0.1, 0.15) is 30.7 Å². The van der Waals surface area contributed by atoms with Crippen LogP contribution in [0.4, 0.5) is 5.69 Å². The topological polar surface area (TPSA) is 45.2 Å². The lowest BCUT2D eigenvalue weighted by atomic mass is 9.77. The first-order chi connectivity index (χ1) is 14.2. The lowest BCUT2D eigenvalue weighted by Gasteiger charge is -2.23. The number of aromatic nitrogens is 1. The highest BCUT2D eigenvalue weighted by Gasteiger charge is 2.45. The molecule has 4 heteroatoms. The van der Waals surface area contributed by atoms with Crippen molar-refractivity contribution < 1.29 is 14.5 Å². The van der Waals surface area contributed by atoms with Gasteiger partial charge in [-0.3, -0.25) is 4.79 Å². The molecule has 1 aliphatic heterocycles. The van der Waals surface area contributed by atoms with Gasteiger partial charge in [-0.2, -0.15) is 4.58 Å². The summed E-state index contributed by atoms with van der Waals surface area (Å²) in [5.41, 5.74) is 6.79. The molecule has 150 valence electrons. The third kappa shape index (κ3) is 2.22. The number of allylic oxidation sites excluding steroid dienone is 3. The van der Waals surface area contributed by atoms with E-state index in [0.29, 0.717) is 11.1 Å². The van der Waals surface area contributed by atoms with Gasteiger partial charge in [0.05, 0.1) is 16.6 Å². The second-order valence-corrected chi connectivity index (χ2v) is 8.73. The van der Waals surface area contributed by atoms with Crippen LogP contribution in [0, 0.1) is 6.92 Å². The van der Waals surface area contributed by atoms with Crippen molar-refractivity contribution >= 4 is 33.7 Å². The highest BCUT2D eigenvalue weighted by atomic mass is 16.3. The predicted octanol–water partition coefficient (Wildman–Crippen LogP) is 4.97. The highest BCUT2D eigenvalue weighted by molar-refractivity contribution is 6.41. The van der Waals surface area contributed by atoms with E-state index in [1.54, 1.807) is 0 Å². The van der Waals surface area contributed by atoms with Crippen molar-refractivity contribution in [2.45, 2.75) is 26.2 Å². The second-order valence-electron chi connectivity index (χ2n) is 8.73. The van der Waals surface area contributed by atoms with Gasteiger partial charge in [-0.25, -0.2) is 0 Å². The molecular weight excluding hydrogens is 372 g/mol. The molecule has 0 amide bonds. The van der Waals surface area contributed by atoms with E-state index < -0.39 is 0 Å². The molecule has 0 saturated heterocycles. The van der Waals surface area contributed by atoms with Gasteiger partial charge in [-0.1, -0.05) is 36.4 Å². The zero-order valence-corrected chi connectivity index (χ0v) is 17.9. The first-order valence-electron chi connectivity index (χ1n) is 10.2. The van der Waals surface area contributed by atoms with Crippen molar-refractivity contribution in [1.29, 1.82) is 0 Å². The summed E-state index contributed by atoms with van der Waals surface area (Å²) in [6.07, 6.45) is 1.86. The molecule has 3 aromatic rings. The molecule has 0 radical (unpaired) electrons. The van der Waals surface area contributed by atoms with E-state index in [2.05, 4.69) is 35.1 Å². The van der Waals surface area contributed by atoms with E-state index >= 15 is 0 Å². The minimum absolute atomic E-state index is 0.0899. The van der Waals surface area contributed by atoms with Crippen LogP contribution in [0.25, 0.3) is 16.5 Å². The fourth-order valence-electron chi connectivity index (χ4n) is 5.02. The van der Waals surface area contributed by atoms with E-state index in [9.17, 15) is 9.90 Å². The molecule has 0 bridgehead atoms. The van der Waals surface area contributed by atoms with Crippen molar-refractivity contribution in [3.8, 4) is 0 Å². The van der Waals surface area contributed by atoms with Gasteiger partial charge in [0.1, 0.15) is 12.8 Å². The fourth-order valence-corrected chi connectivity index (χ4v) is 5.02. The molecule has 0 saturated carbocycles. The van der Waals surface area contributed by atoms with Gasteiger partial charge in [0.2, 0.25) is 11.5 Å². The number of nitrogens with zero attached hydrogens (tertiary/aromatic N) is 2. The quantitative estimate of drug-likeness (QED) is 0.490. The number of aliphatic hydroxyl groups excluding tert-OH is 1. The van der Waals surface area contributed by atoms with Crippen LogP contribution in [0.15, 0.2) is 65.9 Å². The average molecular weight is 397 g/mol. The predicted molar refractivity (Wildman–Crippen MR) is 121 cm³/mol. The number of aryl methyl sites for hydroxylation is 1. The molecule has 30 heavy (non-hydrogen) atoms. The number of fused-ring (bicyclic) bond motifs is 2. The van der Waals surface area contributed by atoms with Crippen LogP contribution in [0.3, 0.4) is 0 Å². The smallest absolute Gasteiger partial charge is 0.209 e. The summed E-state index contributed by atoms with van der Waals surface area (Å²) in [7, 11) is 4.00. The molecule has 2 aliphatic rings. The van der Waals surface area contributed by atoms with Gasteiger partial charge in [0.25, 0.3) is 0 Å². The molecule has 0 fully saturated rings. The maximum atomic E-state index is 13.2. The summed E-state index contributed by atoms with van der Waals surface area (Å²) in [6, 6.07) is 16.3. The summed E-state index contributed by atoms with van der Waals surface area (Å²) in [6.45, 7) is 6.30. The van der Waals surface area contributed by atoms with Crippen molar-refractivity contribution in [2.75, 3.05) is 7.05 Å². The lowest BCUT2D eigenvalue weighted by molar-refractivity contribution is -0.401. The van der Waals surface area contributed by atoms with E-state index in [0.717, 1.165) is 33.6 Å². The monoisotopic (exact) mass is 397 g/mol. The van der Waals surface area contributed by atoms with Crippen molar-refractivity contribution in [3.05, 3.63) is 82.8 Å². The normalized spacial score (nSPS) is 19.1. The Balaban J connectivity index is 1.66. The van der Waals surface area contributed by atoms with Gasteiger partial charge in [0.15, 0.2) is 5.71 Å². The number of Topliss-reactive ketones (excluding diaryl/α,β-unsaturated/α-hetero) is 1. The zero-order chi connectivity index (χ0) is 21.4. The van der Waals surface area contributed by atoms with Gasteiger partial charge >= 0.3 is 0 Å². The minimum atomic E-state index is -0.246. The van der Waals surface area contributed by atoms with E-state index in [1.807, 2.05) is 63.5 Å². The molecule has 0 unspecified atom stereocenters. The van der Waals surface area contributed by atoms with Crippen molar-refractivity contribution in [3.63, 3.8) is 0 Å². The van der Waals surface area contributed by atoms with Crippen LogP contribution in [0.5, 0.6) is 0 Å². The van der Waals surface area contributed by atoms with Gasteiger partial charge in [-0.15, -0.1) is 0 Å². The summed E-state index contributed by atoms with van der Waals surface area (Å²) in [5.74, 6) is -0.00767. The molecule has 1 aliphatic carbocycles. The van der Waals surface area contributed by atoms with E-state index in [1.165, 1.54) is 5.56 Å². The molecule has 0 spiro atoms. The summed E-state index contributed by atoms with van der Waals surface area (Å²) in [5, 5.41) is 12.0. The Labute approximate surface area is 176 Å². The molecule has 2 aromatic carbocycles. The Morgan fingerprint density at radius 2 is 1.73 bits per heavy atom. The first kappa shape index (κ1) is 18.6. The average Bonchev–Trinajstić information content (AvgIpc) is 3.10. The van der Waals surface area contributed by atoms with Crippen molar-refractivity contribution in [1.82, 2.24) is 4.57 Å². The third-order valence-electron chi connectivity index (χ3n) is 6.83. The number of para-hydroxylation sites is 2. The molecule has 5 rings (SSSR count). The minimum Gasteiger partial charge on any atom is -0.506 e. The molecule has 1 aromatic heterocycles. The van der Waals surface area contributed by atoms with Crippen LogP contribution in [-0.2, 0) is 17.3 Å². The van der Waals surface area contributed by atoms with Gasteiger partial charge in [0, 0.05) is 46.9 Å². The number of benzene rings is 2. The number of carbonyl (C=O) groups is 1. The van der Waals surface area contributed by atoms with Crippen LogP contribution in [0.2, 0.25) is 0 Å². The molecule has 2 heterocycles. The molecule has 1 N–H and O–H groups in total. The SMILES string of the molecule is Cc1c(C2=C(O)/C(=C/C3=[N+](C)c4ccccc4C3(C)C)C2=O)c2ccccc2n1C. The van der Waals surface area contributed by atoms with E-state index in [4.69, 9.17) is 0 Å². The highest BCUT2D eigenvalue weighted by Crippen LogP contribution is 2.44. The maximum absolute atomic E-state index is 13.2. The number of aliphatic hydroxyl groups is 1. The fraction of sp³-hybridized carbons (Fsp3) is 0.231. The van der Waals surface area contributed by atoms with Crippen LogP contribution in [-0.4, -0.2) is 32.8 Å². The third-order valence-corrected chi connectivity index (χ3v) is 6.83. The van der Waals surface area contributed by atoms with Crippen molar-refractivity contribution in [2.24, 2.45) is 7.05 Å².